The molecule has 0 fully saturated rings. The van der Waals surface area contributed by atoms with Gasteiger partial charge < -0.3 is 16.8 Å². The highest BCUT2D eigenvalue weighted by Gasteiger charge is 2.07. The van der Waals surface area contributed by atoms with E-state index in [0.717, 1.165) is 10.8 Å². The zero-order valence-corrected chi connectivity index (χ0v) is 10.0. The second-order valence-corrected chi connectivity index (χ2v) is 4.44. The van der Waals surface area contributed by atoms with Crippen LogP contribution in [0.3, 0.4) is 0 Å². The van der Waals surface area contributed by atoms with Gasteiger partial charge in [0, 0.05) is 10.9 Å². The molecule has 2 aromatic rings. The number of rotatable bonds is 3. The Kier molecular flexibility index (Phi) is 2.97. The van der Waals surface area contributed by atoms with Crippen LogP contribution in [0.15, 0.2) is 23.6 Å². The minimum absolute atomic E-state index is 0.412. The minimum atomic E-state index is -0.483. The molecule has 1 amide bonds. The minimum Gasteiger partial charge on any atom is -0.397 e. The third-order valence-electron chi connectivity index (χ3n) is 2.20. The van der Waals surface area contributed by atoms with Gasteiger partial charge in [-0.2, -0.15) is 0 Å². The quantitative estimate of drug-likeness (QED) is 0.723. The molecule has 0 radical (unpaired) electrons. The number of nitrogens with zero attached hydrogens (tertiary/aromatic N) is 1. The van der Waals surface area contributed by atoms with E-state index < -0.39 is 5.91 Å². The maximum Gasteiger partial charge on any atom is 0.248 e. The van der Waals surface area contributed by atoms with Crippen molar-refractivity contribution in [1.29, 1.82) is 0 Å². The Morgan fingerprint density at radius 1 is 1.47 bits per heavy atom. The van der Waals surface area contributed by atoms with Crippen molar-refractivity contribution in [2.75, 3.05) is 11.1 Å². The number of hydrogen-bond donors (Lipinski definition) is 3. The van der Waals surface area contributed by atoms with Crippen molar-refractivity contribution in [2.24, 2.45) is 5.73 Å². The lowest BCUT2D eigenvalue weighted by atomic mass is 10.1. The summed E-state index contributed by atoms with van der Waals surface area (Å²) in [6, 6.07) is 4.85. The molecule has 0 atom stereocenters. The Morgan fingerprint density at radius 3 is 2.82 bits per heavy atom. The lowest BCUT2D eigenvalue weighted by Crippen LogP contribution is -2.11. The number of nitrogens with one attached hydrogen (secondary N) is 1. The molecule has 5 N–H and O–H groups in total. The van der Waals surface area contributed by atoms with Gasteiger partial charge in [0.25, 0.3) is 0 Å². The molecule has 1 heterocycles. The summed E-state index contributed by atoms with van der Waals surface area (Å²) in [7, 11) is 0. The van der Waals surface area contributed by atoms with Gasteiger partial charge in [0.05, 0.1) is 17.1 Å². The standard InChI is InChI=1S/C11H12N4OS/c1-6-5-17-11(14-6)15-9-4-7(10(13)16)2-3-8(9)12/h2-5H,12H2,1H3,(H2,13,16)(H,14,15). The van der Waals surface area contributed by atoms with Crippen molar-refractivity contribution in [3.05, 3.63) is 34.8 Å². The third-order valence-corrected chi connectivity index (χ3v) is 3.07. The van der Waals surface area contributed by atoms with Crippen LogP contribution in [0.25, 0.3) is 0 Å². The predicted octanol–water partition coefficient (Wildman–Crippen LogP) is 1.88. The number of amides is 1. The molecule has 0 saturated carbocycles. The largest absolute Gasteiger partial charge is 0.397 e. The Labute approximate surface area is 102 Å². The van der Waals surface area contributed by atoms with Crippen LogP contribution in [0.1, 0.15) is 16.1 Å². The molecule has 6 heteroatoms. The third kappa shape index (κ3) is 2.54. The van der Waals surface area contributed by atoms with E-state index in [1.54, 1.807) is 18.2 Å². The Bertz CT molecular complexity index is 564. The molecule has 1 aromatic heterocycles. The van der Waals surface area contributed by atoms with Crippen LogP contribution in [0.2, 0.25) is 0 Å². The SMILES string of the molecule is Cc1csc(Nc2cc(C(N)=O)ccc2N)n1. The van der Waals surface area contributed by atoms with E-state index in [1.807, 2.05) is 12.3 Å². The van der Waals surface area contributed by atoms with E-state index in [4.69, 9.17) is 11.5 Å². The van der Waals surface area contributed by atoms with Crippen LogP contribution in [0.4, 0.5) is 16.5 Å². The second-order valence-electron chi connectivity index (χ2n) is 3.59. The number of anilines is 3. The summed E-state index contributed by atoms with van der Waals surface area (Å²) in [4.78, 5) is 15.3. The first-order chi connectivity index (χ1) is 8.06. The monoisotopic (exact) mass is 248 g/mol. The fourth-order valence-corrected chi connectivity index (χ4v) is 2.04. The summed E-state index contributed by atoms with van der Waals surface area (Å²) >= 11 is 1.47. The number of benzene rings is 1. The molecule has 1 aromatic carbocycles. The summed E-state index contributed by atoms with van der Waals surface area (Å²) in [5.41, 5.74) is 13.5. The molecule has 0 aliphatic rings. The van der Waals surface area contributed by atoms with Gasteiger partial charge in [-0.05, 0) is 25.1 Å². The summed E-state index contributed by atoms with van der Waals surface area (Å²) < 4.78 is 0. The zero-order valence-electron chi connectivity index (χ0n) is 9.23. The van der Waals surface area contributed by atoms with Crippen molar-refractivity contribution in [2.45, 2.75) is 6.92 Å². The number of aryl methyl sites for hydroxylation is 1. The molecule has 0 bridgehead atoms. The molecule has 88 valence electrons. The van der Waals surface area contributed by atoms with Gasteiger partial charge in [-0.1, -0.05) is 0 Å². The van der Waals surface area contributed by atoms with Crippen LogP contribution in [-0.4, -0.2) is 10.9 Å². The number of primary amides is 1. The van der Waals surface area contributed by atoms with E-state index in [2.05, 4.69) is 10.3 Å². The van der Waals surface area contributed by atoms with E-state index in [1.165, 1.54) is 11.3 Å². The smallest absolute Gasteiger partial charge is 0.248 e. The number of nitrogen functional groups attached to an aromatic ring is 1. The van der Waals surface area contributed by atoms with Crippen LogP contribution >= 0.6 is 11.3 Å². The lowest BCUT2D eigenvalue weighted by Gasteiger charge is -2.07. The number of carbonyl (C=O) groups excluding carboxylic acids is 1. The average molecular weight is 248 g/mol. The average Bonchev–Trinajstić information content (AvgIpc) is 2.67. The maximum absolute atomic E-state index is 11.1. The highest BCUT2D eigenvalue weighted by atomic mass is 32.1. The summed E-state index contributed by atoms with van der Waals surface area (Å²) in [6.45, 7) is 1.91. The molecule has 17 heavy (non-hydrogen) atoms. The molecular formula is C11H12N4OS. The molecule has 0 aliphatic carbocycles. The van der Waals surface area contributed by atoms with Crippen molar-refractivity contribution in [3.63, 3.8) is 0 Å². The predicted molar refractivity (Wildman–Crippen MR) is 69.5 cm³/mol. The Balaban J connectivity index is 2.31. The molecule has 0 spiro atoms. The van der Waals surface area contributed by atoms with E-state index in [-0.39, 0.29) is 0 Å². The number of hydrogen-bond acceptors (Lipinski definition) is 5. The molecule has 2 rings (SSSR count). The molecule has 0 aliphatic heterocycles. The number of aromatic nitrogens is 1. The van der Waals surface area contributed by atoms with Gasteiger partial charge >= 0.3 is 0 Å². The highest BCUT2D eigenvalue weighted by Crippen LogP contribution is 2.26. The molecular weight excluding hydrogens is 236 g/mol. The van der Waals surface area contributed by atoms with Gasteiger partial charge in [0.15, 0.2) is 5.13 Å². The van der Waals surface area contributed by atoms with E-state index in [9.17, 15) is 4.79 Å². The van der Waals surface area contributed by atoms with Crippen LogP contribution in [0, 0.1) is 6.92 Å². The number of thiazole rings is 1. The van der Waals surface area contributed by atoms with Crippen molar-refractivity contribution >= 4 is 33.8 Å². The number of carbonyl (C=O) groups is 1. The van der Waals surface area contributed by atoms with Gasteiger partial charge in [0.1, 0.15) is 0 Å². The van der Waals surface area contributed by atoms with Crippen LogP contribution in [0.5, 0.6) is 0 Å². The molecule has 0 unspecified atom stereocenters. The van der Waals surface area contributed by atoms with Gasteiger partial charge in [-0.25, -0.2) is 4.98 Å². The molecule has 0 saturated heterocycles. The summed E-state index contributed by atoms with van der Waals surface area (Å²) in [5, 5.41) is 5.72. The number of nitrogens with two attached hydrogens (primary N) is 2. The maximum atomic E-state index is 11.1. The topological polar surface area (TPSA) is 94.0 Å². The van der Waals surface area contributed by atoms with Crippen LogP contribution in [-0.2, 0) is 0 Å². The Hall–Kier alpha value is -2.08. The van der Waals surface area contributed by atoms with E-state index in [0.29, 0.717) is 16.9 Å². The van der Waals surface area contributed by atoms with Crippen molar-refractivity contribution < 1.29 is 4.79 Å². The fraction of sp³-hybridized carbons (Fsp3) is 0.0909. The van der Waals surface area contributed by atoms with Gasteiger partial charge in [0.2, 0.25) is 5.91 Å². The van der Waals surface area contributed by atoms with E-state index >= 15 is 0 Å². The summed E-state index contributed by atoms with van der Waals surface area (Å²) in [5.74, 6) is -0.483. The second kappa shape index (κ2) is 4.42. The van der Waals surface area contributed by atoms with Gasteiger partial charge in [-0.15, -0.1) is 11.3 Å². The first-order valence-electron chi connectivity index (χ1n) is 4.95. The normalized spacial score (nSPS) is 10.2. The lowest BCUT2D eigenvalue weighted by molar-refractivity contribution is 0.100. The first kappa shape index (κ1) is 11.4. The highest BCUT2D eigenvalue weighted by molar-refractivity contribution is 7.13. The van der Waals surface area contributed by atoms with Crippen LogP contribution < -0.4 is 16.8 Å². The molecule has 5 nitrogen and oxygen atoms in total. The first-order valence-corrected chi connectivity index (χ1v) is 5.82. The fourth-order valence-electron chi connectivity index (χ4n) is 1.34. The zero-order chi connectivity index (χ0) is 12.4. The van der Waals surface area contributed by atoms with Crippen molar-refractivity contribution in [3.8, 4) is 0 Å². The summed E-state index contributed by atoms with van der Waals surface area (Å²) in [6.07, 6.45) is 0. The van der Waals surface area contributed by atoms with Gasteiger partial charge in [-0.3, -0.25) is 4.79 Å². The Morgan fingerprint density at radius 2 is 2.24 bits per heavy atom. The van der Waals surface area contributed by atoms with Crippen molar-refractivity contribution in [1.82, 2.24) is 4.98 Å².